The highest BCUT2D eigenvalue weighted by Gasteiger charge is 2.11. The van der Waals surface area contributed by atoms with Crippen LogP contribution in [0.1, 0.15) is 64.5 Å². The Hall–Kier alpha value is -1.19. The zero-order chi connectivity index (χ0) is 14.1. The van der Waals surface area contributed by atoms with E-state index in [-0.39, 0.29) is 0 Å². The molecular weight excluding hydrogens is 236 g/mol. The molecule has 0 aliphatic carbocycles. The fourth-order valence-corrected chi connectivity index (χ4v) is 2.34. The standard InChI is InChI=1S/C15H30N4/c1-4-6-7-8-9-10-12-17-15-14(16)13(11-5-2)18-19(15)3/h17H,4-12,16H2,1-3H3. The van der Waals surface area contributed by atoms with Crippen molar-refractivity contribution in [1.29, 1.82) is 0 Å². The highest BCUT2D eigenvalue weighted by Crippen LogP contribution is 2.23. The zero-order valence-electron chi connectivity index (χ0n) is 12.8. The minimum atomic E-state index is 0.829. The molecule has 0 saturated carbocycles. The van der Waals surface area contributed by atoms with Crippen molar-refractivity contribution in [3.05, 3.63) is 5.69 Å². The summed E-state index contributed by atoms with van der Waals surface area (Å²) < 4.78 is 1.87. The van der Waals surface area contributed by atoms with Gasteiger partial charge in [0.25, 0.3) is 0 Å². The molecule has 0 fully saturated rings. The Kier molecular flexibility index (Phi) is 7.38. The molecule has 0 radical (unpaired) electrons. The number of unbranched alkanes of at least 4 members (excludes halogenated alkanes) is 5. The maximum atomic E-state index is 6.12. The first kappa shape index (κ1) is 15.9. The van der Waals surface area contributed by atoms with Gasteiger partial charge in [-0.1, -0.05) is 52.4 Å². The van der Waals surface area contributed by atoms with E-state index in [0.29, 0.717) is 0 Å². The van der Waals surface area contributed by atoms with E-state index in [1.54, 1.807) is 0 Å². The van der Waals surface area contributed by atoms with E-state index < -0.39 is 0 Å². The molecule has 3 N–H and O–H groups in total. The summed E-state index contributed by atoms with van der Waals surface area (Å²) in [5.74, 6) is 0.983. The van der Waals surface area contributed by atoms with Gasteiger partial charge in [-0.15, -0.1) is 0 Å². The average Bonchev–Trinajstić information content (AvgIpc) is 2.65. The van der Waals surface area contributed by atoms with E-state index in [4.69, 9.17) is 5.73 Å². The van der Waals surface area contributed by atoms with Crippen molar-refractivity contribution in [3.8, 4) is 0 Å². The van der Waals surface area contributed by atoms with Crippen molar-refractivity contribution in [1.82, 2.24) is 9.78 Å². The number of nitrogens with two attached hydrogens (primary N) is 1. The number of aryl methyl sites for hydroxylation is 2. The minimum Gasteiger partial charge on any atom is -0.394 e. The fraction of sp³-hybridized carbons (Fsp3) is 0.800. The number of nitrogens with one attached hydrogen (secondary N) is 1. The lowest BCUT2D eigenvalue weighted by atomic mass is 10.1. The molecule has 0 aromatic carbocycles. The summed E-state index contributed by atoms with van der Waals surface area (Å²) in [6.07, 6.45) is 9.93. The first-order valence-electron chi connectivity index (χ1n) is 7.75. The predicted octanol–water partition coefficient (Wildman–Crippen LogP) is 3.73. The van der Waals surface area contributed by atoms with Gasteiger partial charge in [-0.25, -0.2) is 0 Å². The molecule has 19 heavy (non-hydrogen) atoms. The van der Waals surface area contributed by atoms with E-state index in [0.717, 1.165) is 36.6 Å². The first-order valence-corrected chi connectivity index (χ1v) is 7.75. The van der Waals surface area contributed by atoms with Crippen LogP contribution in [0.15, 0.2) is 0 Å². The van der Waals surface area contributed by atoms with Gasteiger partial charge in [0.1, 0.15) is 5.82 Å². The molecule has 4 heteroatoms. The van der Waals surface area contributed by atoms with Crippen LogP contribution < -0.4 is 11.1 Å². The van der Waals surface area contributed by atoms with Crippen LogP contribution in [0.5, 0.6) is 0 Å². The molecule has 0 atom stereocenters. The number of nitrogen functional groups attached to an aromatic ring is 1. The second kappa shape index (κ2) is 8.83. The maximum absolute atomic E-state index is 6.12. The third-order valence-corrected chi connectivity index (χ3v) is 3.47. The number of hydrogen-bond acceptors (Lipinski definition) is 3. The summed E-state index contributed by atoms with van der Waals surface area (Å²) >= 11 is 0. The van der Waals surface area contributed by atoms with Crippen molar-refractivity contribution in [2.75, 3.05) is 17.6 Å². The van der Waals surface area contributed by atoms with Gasteiger partial charge in [-0.3, -0.25) is 4.68 Å². The molecule has 110 valence electrons. The molecule has 0 aliphatic heterocycles. The van der Waals surface area contributed by atoms with Crippen LogP contribution in [0.3, 0.4) is 0 Å². The third kappa shape index (κ3) is 5.13. The lowest BCUT2D eigenvalue weighted by molar-refractivity contribution is 0.615. The van der Waals surface area contributed by atoms with Crippen molar-refractivity contribution in [3.63, 3.8) is 0 Å². The summed E-state index contributed by atoms with van der Waals surface area (Å²) in [5, 5.41) is 7.89. The summed E-state index contributed by atoms with van der Waals surface area (Å²) in [6, 6.07) is 0. The number of anilines is 2. The molecule has 1 rings (SSSR count). The van der Waals surface area contributed by atoms with Gasteiger partial charge in [0.15, 0.2) is 0 Å². The summed E-state index contributed by atoms with van der Waals surface area (Å²) in [7, 11) is 1.96. The van der Waals surface area contributed by atoms with Gasteiger partial charge < -0.3 is 11.1 Å². The van der Waals surface area contributed by atoms with Crippen LogP contribution in [-0.2, 0) is 13.5 Å². The van der Waals surface area contributed by atoms with Crippen molar-refractivity contribution in [2.24, 2.45) is 7.05 Å². The second-order valence-electron chi connectivity index (χ2n) is 5.28. The highest BCUT2D eigenvalue weighted by molar-refractivity contribution is 5.64. The number of rotatable bonds is 10. The number of aromatic nitrogens is 2. The molecule has 0 amide bonds. The van der Waals surface area contributed by atoms with Crippen LogP contribution in [0.2, 0.25) is 0 Å². The normalized spacial score (nSPS) is 10.9. The van der Waals surface area contributed by atoms with Crippen molar-refractivity contribution >= 4 is 11.5 Å². The van der Waals surface area contributed by atoms with E-state index in [2.05, 4.69) is 24.3 Å². The average molecular weight is 266 g/mol. The molecule has 1 heterocycles. The van der Waals surface area contributed by atoms with Gasteiger partial charge >= 0.3 is 0 Å². The van der Waals surface area contributed by atoms with Gasteiger partial charge in [0.05, 0.1) is 11.4 Å². The molecule has 1 aromatic heterocycles. The molecule has 0 saturated heterocycles. The van der Waals surface area contributed by atoms with Crippen LogP contribution in [0.4, 0.5) is 11.5 Å². The van der Waals surface area contributed by atoms with Crippen LogP contribution in [-0.4, -0.2) is 16.3 Å². The Balaban J connectivity index is 2.29. The maximum Gasteiger partial charge on any atom is 0.147 e. The van der Waals surface area contributed by atoms with Crippen LogP contribution in [0.25, 0.3) is 0 Å². The lowest BCUT2D eigenvalue weighted by Crippen LogP contribution is -2.07. The first-order chi connectivity index (χ1) is 9.20. The Bertz CT molecular complexity index is 357. The van der Waals surface area contributed by atoms with E-state index in [1.807, 2.05) is 11.7 Å². The van der Waals surface area contributed by atoms with Gasteiger partial charge in [-0.2, -0.15) is 5.10 Å². The van der Waals surface area contributed by atoms with Crippen molar-refractivity contribution < 1.29 is 0 Å². The summed E-state index contributed by atoms with van der Waals surface area (Å²) in [6.45, 7) is 5.39. The quantitative estimate of drug-likeness (QED) is 0.634. The van der Waals surface area contributed by atoms with Gasteiger partial charge in [-0.05, 0) is 12.8 Å². The fourth-order valence-electron chi connectivity index (χ4n) is 2.34. The van der Waals surface area contributed by atoms with E-state index >= 15 is 0 Å². The van der Waals surface area contributed by atoms with Crippen molar-refractivity contribution in [2.45, 2.75) is 65.2 Å². The second-order valence-corrected chi connectivity index (χ2v) is 5.28. The molecule has 4 nitrogen and oxygen atoms in total. The largest absolute Gasteiger partial charge is 0.394 e. The third-order valence-electron chi connectivity index (χ3n) is 3.47. The lowest BCUT2D eigenvalue weighted by Gasteiger charge is -2.07. The zero-order valence-corrected chi connectivity index (χ0v) is 12.8. The van der Waals surface area contributed by atoms with Crippen LogP contribution in [0, 0.1) is 0 Å². The molecule has 1 aromatic rings. The smallest absolute Gasteiger partial charge is 0.147 e. The number of hydrogen-bond donors (Lipinski definition) is 2. The molecule has 0 aliphatic rings. The Labute approximate surface area is 117 Å². The number of nitrogens with zero attached hydrogens (tertiary/aromatic N) is 2. The summed E-state index contributed by atoms with van der Waals surface area (Å²) in [4.78, 5) is 0. The van der Waals surface area contributed by atoms with Gasteiger partial charge in [0, 0.05) is 13.6 Å². The predicted molar refractivity (Wildman–Crippen MR) is 83.5 cm³/mol. The minimum absolute atomic E-state index is 0.829. The molecule has 0 spiro atoms. The Morgan fingerprint density at radius 1 is 1.05 bits per heavy atom. The van der Waals surface area contributed by atoms with E-state index in [1.165, 1.54) is 38.5 Å². The van der Waals surface area contributed by atoms with Crippen LogP contribution >= 0.6 is 0 Å². The molecule has 0 bridgehead atoms. The summed E-state index contributed by atoms with van der Waals surface area (Å²) in [5.41, 5.74) is 7.98. The van der Waals surface area contributed by atoms with Gasteiger partial charge in [0.2, 0.25) is 0 Å². The Morgan fingerprint density at radius 3 is 2.42 bits per heavy atom. The SMILES string of the molecule is CCCCCCCCNc1c(N)c(CCC)nn1C. The topological polar surface area (TPSA) is 55.9 Å². The highest BCUT2D eigenvalue weighted by atomic mass is 15.3. The molecular formula is C15H30N4. The monoisotopic (exact) mass is 266 g/mol. The molecule has 0 unspecified atom stereocenters. The Morgan fingerprint density at radius 2 is 1.74 bits per heavy atom. The van der Waals surface area contributed by atoms with E-state index in [9.17, 15) is 0 Å².